The number of rotatable bonds is 13. The van der Waals surface area contributed by atoms with Crippen LogP contribution >= 0.6 is 0 Å². The first-order valence-electron chi connectivity index (χ1n) is 7.56. The number of unbranched alkanes of at least 4 members (excludes halogenated alkanes) is 8. The lowest BCUT2D eigenvalue weighted by molar-refractivity contribution is -0.143. The van der Waals surface area contributed by atoms with Crippen LogP contribution in [-0.4, -0.2) is 31.3 Å². The fourth-order valence-electron chi connectivity index (χ4n) is 1.91. The Morgan fingerprint density at radius 2 is 1.45 bits per heavy atom. The third kappa shape index (κ3) is 15.4. The zero-order valence-corrected chi connectivity index (χ0v) is 13.3. The Morgan fingerprint density at radius 3 is 1.95 bits per heavy atom. The zero-order valence-electron chi connectivity index (χ0n) is 12.5. The minimum atomic E-state index is -4.04. The predicted molar refractivity (Wildman–Crippen MR) is 79.2 cm³/mol. The van der Waals surface area contributed by atoms with Crippen LogP contribution in [0, 0.1) is 0 Å². The second-order valence-corrected chi connectivity index (χ2v) is 6.66. The van der Waals surface area contributed by atoms with E-state index in [2.05, 4.69) is 6.92 Å². The summed E-state index contributed by atoms with van der Waals surface area (Å²) in [5, 5.41) is 0. The molecule has 0 aromatic rings. The van der Waals surface area contributed by atoms with Gasteiger partial charge in [0.05, 0.1) is 0 Å². The van der Waals surface area contributed by atoms with Crippen molar-refractivity contribution in [1.82, 2.24) is 0 Å². The van der Waals surface area contributed by atoms with Crippen molar-refractivity contribution in [2.45, 2.75) is 71.1 Å². The fourth-order valence-corrected chi connectivity index (χ4v) is 2.21. The molecule has 0 spiro atoms. The number of hydrogen-bond donors (Lipinski definition) is 1. The monoisotopic (exact) mass is 308 g/mol. The highest BCUT2D eigenvalue weighted by molar-refractivity contribution is 7.85. The Morgan fingerprint density at radius 1 is 0.950 bits per heavy atom. The van der Waals surface area contributed by atoms with Crippen molar-refractivity contribution in [2.75, 3.05) is 12.4 Å². The Labute approximate surface area is 122 Å². The summed E-state index contributed by atoms with van der Waals surface area (Å²) in [4.78, 5) is 11.2. The van der Waals surface area contributed by atoms with E-state index in [-0.39, 0.29) is 6.61 Å². The van der Waals surface area contributed by atoms with Crippen LogP contribution in [0.1, 0.15) is 71.1 Å². The molecular formula is C14H28O5S. The normalized spacial score (nSPS) is 11.5. The van der Waals surface area contributed by atoms with E-state index in [0.717, 1.165) is 19.3 Å². The van der Waals surface area contributed by atoms with Crippen LogP contribution < -0.4 is 0 Å². The number of hydrogen-bond acceptors (Lipinski definition) is 4. The molecule has 0 amide bonds. The summed E-state index contributed by atoms with van der Waals surface area (Å²) >= 11 is 0. The first-order chi connectivity index (χ1) is 9.45. The van der Waals surface area contributed by atoms with Crippen LogP contribution in [0.5, 0.6) is 0 Å². The minimum Gasteiger partial charge on any atom is -0.464 e. The number of esters is 1. The molecule has 5 nitrogen and oxygen atoms in total. The molecule has 0 aliphatic rings. The molecule has 0 aromatic carbocycles. The average molecular weight is 308 g/mol. The molecule has 0 fully saturated rings. The van der Waals surface area contributed by atoms with Crippen LogP contribution in [0.25, 0.3) is 0 Å². The number of ether oxygens (including phenoxy) is 1. The van der Waals surface area contributed by atoms with Crippen LogP contribution in [0.3, 0.4) is 0 Å². The first kappa shape index (κ1) is 19.4. The van der Waals surface area contributed by atoms with Gasteiger partial charge in [0, 0.05) is 6.42 Å². The third-order valence-corrected chi connectivity index (χ3v) is 3.77. The molecule has 1 N–H and O–H groups in total. The summed E-state index contributed by atoms with van der Waals surface area (Å²) in [7, 11) is -4.04. The van der Waals surface area contributed by atoms with Gasteiger partial charge in [-0.3, -0.25) is 9.35 Å². The Bertz CT molecular complexity index is 337. The smallest absolute Gasteiger partial charge is 0.305 e. The molecule has 0 radical (unpaired) electrons. The highest BCUT2D eigenvalue weighted by Gasteiger charge is 2.07. The maximum absolute atomic E-state index is 11.2. The van der Waals surface area contributed by atoms with Gasteiger partial charge in [0.1, 0.15) is 12.4 Å². The van der Waals surface area contributed by atoms with Gasteiger partial charge < -0.3 is 4.74 Å². The molecule has 0 saturated heterocycles. The van der Waals surface area contributed by atoms with E-state index in [0.29, 0.717) is 6.42 Å². The number of carbonyl (C=O) groups is 1. The fraction of sp³-hybridized carbons (Fsp3) is 0.929. The van der Waals surface area contributed by atoms with Crippen molar-refractivity contribution in [3.8, 4) is 0 Å². The molecule has 0 unspecified atom stereocenters. The van der Waals surface area contributed by atoms with Gasteiger partial charge in [-0.05, 0) is 6.42 Å². The maximum Gasteiger partial charge on any atom is 0.305 e. The van der Waals surface area contributed by atoms with E-state index in [4.69, 9.17) is 9.29 Å². The molecule has 0 saturated carbocycles. The van der Waals surface area contributed by atoms with Gasteiger partial charge in [0.25, 0.3) is 10.1 Å². The number of carbonyl (C=O) groups excluding carboxylic acids is 1. The minimum absolute atomic E-state index is 0.269. The lowest BCUT2D eigenvalue weighted by Gasteiger charge is -2.04. The Hall–Kier alpha value is -0.620. The average Bonchev–Trinajstić information content (AvgIpc) is 2.35. The molecule has 0 bridgehead atoms. The molecule has 20 heavy (non-hydrogen) atoms. The van der Waals surface area contributed by atoms with Crippen molar-refractivity contribution in [3.63, 3.8) is 0 Å². The van der Waals surface area contributed by atoms with Crippen molar-refractivity contribution >= 4 is 16.1 Å². The highest BCUT2D eigenvalue weighted by atomic mass is 32.2. The van der Waals surface area contributed by atoms with Gasteiger partial charge in [-0.15, -0.1) is 0 Å². The van der Waals surface area contributed by atoms with Crippen molar-refractivity contribution in [2.24, 2.45) is 0 Å². The molecule has 0 aliphatic heterocycles. The van der Waals surface area contributed by atoms with Gasteiger partial charge in [0.2, 0.25) is 0 Å². The molecule has 0 aliphatic carbocycles. The van der Waals surface area contributed by atoms with E-state index in [1.807, 2.05) is 0 Å². The molecule has 6 heteroatoms. The quantitative estimate of drug-likeness (QED) is 0.320. The van der Waals surface area contributed by atoms with Crippen LogP contribution in [0.15, 0.2) is 0 Å². The SMILES string of the molecule is CCCCCCCCCCCC(=O)OCCS(=O)(=O)O. The topological polar surface area (TPSA) is 80.7 Å². The summed E-state index contributed by atoms with van der Waals surface area (Å²) in [5.74, 6) is -0.923. The Balaban J connectivity index is 3.27. The Kier molecular flexibility index (Phi) is 11.8. The van der Waals surface area contributed by atoms with E-state index < -0.39 is 21.8 Å². The van der Waals surface area contributed by atoms with E-state index in [9.17, 15) is 13.2 Å². The standard InChI is InChI=1S/C14H28O5S/c1-2-3-4-5-6-7-8-9-10-11-14(15)19-12-13-20(16,17)18/h2-13H2,1H3,(H,16,17,18). The van der Waals surface area contributed by atoms with E-state index in [1.54, 1.807) is 0 Å². The van der Waals surface area contributed by atoms with Crippen LogP contribution in [0.4, 0.5) is 0 Å². The van der Waals surface area contributed by atoms with Crippen molar-refractivity contribution < 1.29 is 22.5 Å². The third-order valence-electron chi connectivity index (χ3n) is 3.09. The second-order valence-electron chi connectivity index (χ2n) is 5.08. The largest absolute Gasteiger partial charge is 0.464 e. The molecule has 0 aromatic heterocycles. The second kappa shape index (κ2) is 12.1. The van der Waals surface area contributed by atoms with E-state index >= 15 is 0 Å². The highest BCUT2D eigenvalue weighted by Crippen LogP contribution is 2.10. The van der Waals surface area contributed by atoms with Gasteiger partial charge in [0.15, 0.2) is 0 Å². The van der Waals surface area contributed by atoms with Crippen molar-refractivity contribution in [3.05, 3.63) is 0 Å². The van der Waals surface area contributed by atoms with Gasteiger partial charge in [-0.2, -0.15) is 8.42 Å². The maximum atomic E-state index is 11.2. The first-order valence-corrected chi connectivity index (χ1v) is 9.17. The molecule has 0 atom stereocenters. The van der Waals surface area contributed by atoms with Crippen LogP contribution in [-0.2, 0) is 19.6 Å². The van der Waals surface area contributed by atoms with Gasteiger partial charge in [-0.1, -0.05) is 58.3 Å². The summed E-state index contributed by atoms with van der Waals surface area (Å²) < 4.78 is 34.0. The summed E-state index contributed by atoms with van der Waals surface area (Å²) in [6.45, 7) is 1.93. The molecule has 0 rings (SSSR count). The zero-order chi connectivity index (χ0) is 15.3. The lowest BCUT2D eigenvalue weighted by Crippen LogP contribution is -2.14. The molecule has 120 valence electrons. The van der Waals surface area contributed by atoms with Crippen molar-refractivity contribution in [1.29, 1.82) is 0 Å². The molecule has 0 heterocycles. The predicted octanol–water partition coefficient (Wildman–Crippen LogP) is 3.34. The lowest BCUT2D eigenvalue weighted by atomic mass is 10.1. The molecular weight excluding hydrogens is 280 g/mol. The summed E-state index contributed by atoms with van der Waals surface area (Å²) in [5.41, 5.74) is 0. The van der Waals surface area contributed by atoms with Gasteiger partial charge in [-0.25, -0.2) is 0 Å². The van der Waals surface area contributed by atoms with Gasteiger partial charge >= 0.3 is 5.97 Å². The summed E-state index contributed by atoms with van der Waals surface area (Å²) in [6.07, 6.45) is 10.9. The summed E-state index contributed by atoms with van der Waals surface area (Å²) in [6, 6.07) is 0. The van der Waals surface area contributed by atoms with E-state index in [1.165, 1.54) is 38.5 Å². The van der Waals surface area contributed by atoms with Crippen LogP contribution in [0.2, 0.25) is 0 Å².